The minimum absolute atomic E-state index is 0.519. The minimum Gasteiger partial charge on any atom is -0.0770 e. The molecule has 122 valence electrons. The van der Waals surface area contributed by atoms with Crippen LogP contribution in [0.2, 0.25) is 0 Å². The lowest BCUT2D eigenvalue weighted by Crippen LogP contribution is -1.97. The van der Waals surface area contributed by atoms with Gasteiger partial charge in [0.05, 0.1) is 24.1 Å². The van der Waals surface area contributed by atoms with Crippen LogP contribution in [0.5, 0.6) is 0 Å². The van der Waals surface area contributed by atoms with Crippen LogP contribution in [0.15, 0.2) is 96.6 Å². The first-order valence-electron chi connectivity index (χ1n) is 9.12. The van der Waals surface area contributed by atoms with Crippen molar-refractivity contribution in [2.24, 2.45) is 11.8 Å². The topological polar surface area (TPSA) is 0 Å². The van der Waals surface area contributed by atoms with Gasteiger partial charge >= 0.3 is 0 Å². The smallest absolute Gasteiger partial charge is 0.0770 e. The van der Waals surface area contributed by atoms with Gasteiger partial charge in [-0.25, -0.2) is 0 Å². The van der Waals surface area contributed by atoms with Crippen molar-refractivity contribution >= 4 is 0 Å². The van der Waals surface area contributed by atoms with Crippen molar-refractivity contribution in [3.05, 3.63) is 119 Å². The fourth-order valence-corrected chi connectivity index (χ4v) is 3.61. The molecule has 0 fully saturated rings. The summed E-state index contributed by atoms with van der Waals surface area (Å²) in [7, 11) is 0. The molecule has 25 heavy (non-hydrogen) atoms. The van der Waals surface area contributed by atoms with Gasteiger partial charge in [0.2, 0.25) is 0 Å². The van der Waals surface area contributed by atoms with E-state index in [1.807, 2.05) is 6.08 Å². The van der Waals surface area contributed by atoms with Crippen molar-refractivity contribution in [3.63, 3.8) is 0 Å². The minimum atomic E-state index is 0.519. The number of hydrogen-bond donors (Lipinski definition) is 0. The second kappa shape index (κ2) is 7.47. The lowest BCUT2D eigenvalue weighted by Gasteiger charge is -2.06. The van der Waals surface area contributed by atoms with E-state index >= 15 is 0 Å². The summed E-state index contributed by atoms with van der Waals surface area (Å²) in [5, 5.41) is 0. The van der Waals surface area contributed by atoms with Crippen LogP contribution < -0.4 is 0 Å². The van der Waals surface area contributed by atoms with Gasteiger partial charge in [-0.2, -0.15) is 0 Å². The molecule has 0 heteroatoms. The Morgan fingerprint density at radius 2 is 1.44 bits per heavy atom. The van der Waals surface area contributed by atoms with Gasteiger partial charge in [0.1, 0.15) is 0 Å². The number of hydrogen-bond acceptors (Lipinski definition) is 0. The zero-order valence-electron chi connectivity index (χ0n) is 14.4. The molecular weight excluding hydrogens is 300 g/mol. The number of rotatable bonds is 6. The molecule has 0 nitrogen and oxygen atoms in total. The van der Waals surface area contributed by atoms with Gasteiger partial charge in [0.15, 0.2) is 6.08 Å². The molecule has 0 saturated heterocycles. The Kier molecular flexibility index (Phi) is 4.72. The molecule has 4 rings (SSSR count). The van der Waals surface area contributed by atoms with E-state index in [1.54, 1.807) is 0 Å². The Balaban J connectivity index is 1.34. The number of allylic oxidation sites excluding steroid dienone is 8. The van der Waals surface area contributed by atoms with Crippen molar-refractivity contribution in [3.8, 4) is 0 Å². The van der Waals surface area contributed by atoms with Gasteiger partial charge in [-0.1, -0.05) is 72.8 Å². The van der Waals surface area contributed by atoms with E-state index in [0.717, 1.165) is 19.3 Å². The summed E-state index contributed by atoms with van der Waals surface area (Å²) in [4.78, 5) is 0. The molecule has 0 aromatic heterocycles. The summed E-state index contributed by atoms with van der Waals surface area (Å²) in [5.74, 6) is 1.05. The van der Waals surface area contributed by atoms with E-state index in [0.29, 0.717) is 11.8 Å². The molecule has 2 atom stereocenters. The first kappa shape index (κ1) is 15.8. The first-order chi connectivity index (χ1) is 12.3. The van der Waals surface area contributed by atoms with Gasteiger partial charge in [-0.3, -0.25) is 0 Å². The maximum absolute atomic E-state index is 3.15. The van der Waals surface area contributed by atoms with Gasteiger partial charge in [0.25, 0.3) is 0 Å². The van der Waals surface area contributed by atoms with Crippen LogP contribution >= 0.6 is 0 Å². The van der Waals surface area contributed by atoms with E-state index in [1.165, 1.54) is 22.3 Å². The van der Waals surface area contributed by atoms with Crippen LogP contribution in [0, 0.1) is 17.9 Å². The molecule has 2 aromatic rings. The second-order valence-electron chi connectivity index (χ2n) is 7.01. The Morgan fingerprint density at radius 3 is 2.20 bits per heavy atom. The van der Waals surface area contributed by atoms with E-state index in [-0.39, 0.29) is 0 Å². The van der Waals surface area contributed by atoms with Crippen molar-refractivity contribution in [1.29, 1.82) is 0 Å². The summed E-state index contributed by atoms with van der Waals surface area (Å²) < 4.78 is 0. The van der Waals surface area contributed by atoms with Crippen LogP contribution in [0.25, 0.3) is 0 Å². The standard InChI is InChI=1S/C25H23/c1-2-6-21(7-3-1)17-24-14-15-25(19-24)18-23-12-10-22(11-13-23)16-20-8-4-5-9-20/h1-4,6-15,19-20,24H,16-18H2/q+1. The maximum Gasteiger partial charge on any atom is 0.155 e. The molecule has 0 aliphatic heterocycles. The molecule has 0 heterocycles. The second-order valence-corrected chi connectivity index (χ2v) is 7.01. The van der Waals surface area contributed by atoms with Gasteiger partial charge < -0.3 is 0 Å². The molecule has 0 saturated carbocycles. The molecule has 0 spiro atoms. The van der Waals surface area contributed by atoms with Crippen molar-refractivity contribution < 1.29 is 0 Å². The lowest BCUT2D eigenvalue weighted by molar-refractivity contribution is 0.812. The summed E-state index contributed by atoms with van der Waals surface area (Å²) in [6, 6.07) is 19.9. The molecule has 0 amide bonds. The molecule has 0 N–H and O–H groups in total. The molecule has 0 bridgehead atoms. The molecule has 2 unspecified atom stereocenters. The molecular formula is C25H23+. The van der Waals surface area contributed by atoms with Crippen molar-refractivity contribution in [2.75, 3.05) is 0 Å². The highest BCUT2D eigenvalue weighted by Gasteiger charge is 2.14. The zero-order valence-corrected chi connectivity index (χ0v) is 14.4. The quantitative estimate of drug-likeness (QED) is 0.601. The highest BCUT2D eigenvalue weighted by atomic mass is 14.2. The summed E-state index contributed by atoms with van der Waals surface area (Å²) >= 11 is 0. The van der Waals surface area contributed by atoms with Crippen molar-refractivity contribution in [2.45, 2.75) is 19.3 Å². The van der Waals surface area contributed by atoms with Crippen LogP contribution in [-0.4, -0.2) is 0 Å². The highest BCUT2D eigenvalue weighted by Crippen LogP contribution is 2.24. The Labute approximate surface area is 150 Å². The Hall–Kier alpha value is -2.69. The lowest BCUT2D eigenvalue weighted by atomic mass is 9.97. The normalized spacial score (nSPS) is 20.7. The van der Waals surface area contributed by atoms with E-state index in [2.05, 4.69) is 91.1 Å². The third kappa shape index (κ3) is 4.24. The highest BCUT2D eigenvalue weighted by molar-refractivity contribution is 5.36. The van der Waals surface area contributed by atoms with Crippen LogP contribution in [0.4, 0.5) is 0 Å². The molecule has 2 aromatic carbocycles. The average Bonchev–Trinajstić information content (AvgIpc) is 3.30. The van der Waals surface area contributed by atoms with E-state index in [9.17, 15) is 0 Å². The molecule has 0 radical (unpaired) electrons. The number of benzene rings is 2. The van der Waals surface area contributed by atoms with Gasteiger partial charge in [0, 0.05) is 6.42 Å². The largest absolute Gasteiger partial charge is 0.155 e. The molecule has 2 aliphatic carbocycles. The third-order valence-corrected chi connectivity index (χ3v) is 4.95. The SMILES string of the molecule is [C+]1=CC(Cc2ccc(CC3=CC(Cc4ccccc4)C=C3)cc2)C=C1. The monoisotopic (exact) mass is 323 g/mol. The molecule has 2 aliphatic rings. The van der Waals surface area contributed by atoms with Crippen molar-refractivity contribution in [1.82, 2.24) is 0 Å². The predicted octanol–water partition coefficient (Wildman–Crippen LogP) is 5.67. The fourth-order valence-electron chi connectivity index (χ4n) is 3.61. The van der Waals surface area contributed by atoms with Crippen LogP contribution in [-0.2, 0) is 19.3 Å². The maximum atomic E-state index is 3.15. The summed E-state index contributed by atoms with van der Waals surface area (Å²) in [6.07, 6.45) is 19.8. The average molecular weight is 323 g/mol. The summed E-state index contributed by atoms with van der Waals surface area (Å²) in [5.41, 5.74) is 5.64. The van der Waals surface area contributed by atoms with Crippen LogP contribution in [0.3, 0.4) is 0 Å². The summed E-state index contributed by atoms with van der Waals surface area (Å²) in [6.45, 7) is 0. The van der Waals surface area contributed by atoms with Gasteiger partial charge in [-0.15, -0.1) is 0 Å². The Morgan fingerprint density at radius 1 is 0.720 bits per heavy atom. The van der Waals surface area contributed by atoms with Gasteiger partial charge in [-0.05, 0) is 41.0 Å². The predicted molar refractivity (Wildman–Crippen MR) is 105 cm³/mol. The fraction of sp³-hybridized carbons (Fsp3) is 0.200. The van der Waals surface area contributed by atoms with E-state index < -0.39 is 0 Å². The third-order valence-electron chi connectivity index (χ3n) is 4.95. The van der Waals surface area contributed by atoms with E-state index in [4.69, 9.17) is 0 Å². The zero-order chi connectivity index (χ0) is 16.9. The first-order valence-corrected chi connectivity index (χ1v) is 9.12. The van der Waals surface area contributed by atoms with Crippen LogP contribution in [0.1, 0.15) is 16.7 Å². The Bertz CT molecular complexity index is 804.